The second-order valence-corrected chi connectivity index (χ2v) is 3.41. The number of carbonyl (C=O) groups is 1. The van der Waals surface area contributed by atoms with E-state index in [1.807, 2.05) is 6.92 Å². The van der Waals surface area contributed by atoms with Gasteiger partial charge in [-0.3, -0.25) is 0 Å². The lowest BCUT2D eigenvalue weighted by Gasteiger charge is -2.11. The fourth-order valence-electron chi connectivity index (χ4n) is 1.33. The average Bonchev–Trinajstić information content (AvgIpc) is 2.35. The van der Waals surface area contributed by atoms with E-state index in [4.69, 9.17) is 14.6 Å². The smallest absolute Gasteiger partial charge is 0.328 e. The van der Waals surface area contributed by atoms with Gasteiger partial charge >= 0.3 is 5.97 Å². The van der Waals surface area contributed by atoms with Gasteiger partial charge in [0, 0.05) is 6.08 Å². The Hall–Kier alpha value is -2.23. The second-order valence-electron chi connectivity index (χ2n) is 3.41. The van der Waals surface area contributed by atoms with E-state index >= 15 is 0 Å². The number of hydrogen-bond donors (Lipinski definition) is 1. The maximum absolute atomic E-state index is 10.4. The molecule has 0 saturated carbocycles. The van der Waals surface area contributed by atoms with Crippen LogP contribution in [0.1, 0.15) is 12.5 Å². The molecule has 0 unspecified atom stereocenters. The number of ether oxygens (including phenoxy) is 2. The van der Waals surface area contributed by atoms with Crippen LogP contribution in [0, 0.1) is 0 Å². The van der Waals surface area contributed by atoms with Crippen LogP contribution < -0.4 is 9.47 Å². The first-order valence-electron chi connectivity index (χ1n) is 5.59. The van der Waals surface area contributed by atoms with Gasteiger partial charge in [-0.15, -0.1) is 0 Å². The van der Waals surface area contributed by atoms with Gasteiger partial charge in [0.05, 0.1) is 6.61 Å². The summed E-state index contributed by atoms with van der Waals surface area (Å²) in [7, 11) is 0. The summed E-state index contributed by atoms with van der Waals surface area (Å²) in [5.41, 5.74) is 0.742. The van der Waals surface area contributed by atoms with Crippen LogP contribution in [0.15, 0.2) is 36.9 Å². The van der Waals surface area contributed by atoms with Crippen molar-refractivity contribution in [1.82, 2.24) is 0 Å². The van der Waals surface area contributed by atoms with Crippen LogP contribution in [0.25, 0.3) is 6.08 Å². The van der Waals surface area contributed by atoms with E-state index in [0.29, 0.717) is 24.7 Å². The molecular formula is C14H16O4. The minimum absolute atomic E-state index is 0.393. The molecule has 0 aromatic heterocycles. The van der Waals surface area contributed by atoms with E-state index in [-0.39, 0.29) is 0 Å². The molecule has 0 amide bonds. The summed E-state index contributed by atoms with van der Waals surface area (Å²) in [5, 5.41) is 8.56. The molecule has 0 aliphatic carbocycles. The van der Waals surface area contributed by atoms with E-state index < -0.39 is 5.97 Å². The topological polar surface area (TPSA) is 55.8 Å². The number of benzene rings is 1. The minimum atomic E-state index is -0.986. The normalized spacial score (nSPS) is 10.3. The molecule has 0 fully saturated rings. The largest absolute Gasteiger partial charge is 0.490 e. The zero-order chi connectivity index (χ0) is 13.4. The molecule has 1 aromatic carbocycles. The molecule has 0 aliphatic rings. The summed E-state index contributed by atoms with van der Waals surface area (Å²) in [6, 6.07) is 5.25. The van der Waals surface area contributed by atoms with Gasteiger partial charge in [-0.05, 0) is 30.7 Å². The third-order valence-electron chi connectivity index (χ3n) is 2.04. The van der Waals surface area contributed by atoms with Crippen molar-refractivity contribution in [2.24, 2.45) is 0 Å². The highest BCUT2D eigenvalue weighted by molar-refractivity contribution is 5.85. The highest BCUT2D eigenvalue weighted by atomic mass is 16.5. The Morgan fingerprint density at radius 3 is 2.78 bits per heavy atom. The van der Waals surface area contributed by atoms with Crippen molar-refractivity contribution < 1.29 is 19.4 Å². The van der Waals surface area contributed by atoms with Gasteiger partial charge < -0.3 is 14.6 Å². The molecule has 0 aliphatic heterocycles. The van der Waals surface area contributed by atoms with Crippen LogP contribution in [0.4, 0.5) is 0 Å². The quantitative estimate of drug-likeness (QED) is 0.595. The van der Waals surface area contributed by atoms with Crippen molar-refractivity contribution in [3.05, 3.63) is 42.5 Å². The molecule has 1 rings (SSSR count). The minimum Gasteiger partial charge on any atom is -0.490 e. The summed E-state index contributed by atoms with van der Waals surface area (Å²) < 4.78 is 10.9. The fraction of sp³-hybridized carbons (Fsp3) is 0.214. The monoisotopic (exact) mass is 248 g/mol. The molecule has 0 atom stereocenters. The molecule has 4 heteroatoms. The number of carboxylic acid groups (broad SMARTS) is 1. The lowest BCUT2D eigenvalue weighted by atomic mass is 10.2. The lowest BCUT2D eigenvalue weighted by molar-refractivity contribution is -0.131. The Bertz CT molecular complexity index is 449. The van der Waals surface area contributed by atoms with E-state index in [2.05, 4.69) is 6.58 Å². The lowest BCUT2D eigenvalue weighted by Crippen LogP contribution is -1.99. The van der Waals surface area contributed by atoms with Crippen molar-refractivity contribution in [3.8, 4) is 11.5 Å². The van der Waals surface area contributed by atoms with E-state index in [1.54, 1.807) is 24.3 Å². The van der Waals surface area contributed by atoms with Crippen LogP contribution in [0.2, 0.25) is 0 Å². The molecule has 0 spiro atoms. The van der Waals surface area contributed by atoms with Gasteiger partial charge in [0.15, 0.2) is 11.5 Å². The Kier molecular flexibility index (Phi) is 5.51. The van der Waals surface area contributed by atoms with Crippen molar-refractivity contribution >= 4 is 12.0 Å². The Morgan fingerprint density at radius 1 is 1.39 bits per heavy atom. The molecule has 0 bridgehead atoms. The molecule has 4 nitrogen and oxygen atoms in total. The zero-order valence-electron chi connectivity index (χ0n) is 10.3. The fourth-order valence-corrected chi connectivity index (χ4v) is 1.33. The van der Waals surface area contributed by atoms with Crippen LogP contribution in [0.5, 0.6) is 11.5 Å². The van der Waals surface area contributed by atoms with Crippen LogP contribution in [-0.4, -0.2) is 24.3 Å². The van der Waals surface area contributed by atoms with Crippen molar-refractivity contribution in [2.45, 2.75) is 6.92 Å². The first-order valence-corrected chi connectivity index (χ1v) is 5.59. The van der Waals surface area contributed by atoms with Crippen molar-refractivity contribution in [1.29, 1.82) is 0 Å². The molecule has 1 aromatic rings. The summed E-state index contributed by atoms with van der Waals surface area (Å²) in [4.78, 5) is 10.4. The van der Waals surface area contributed by atoms with Gasteiger partial charge in [-0.2, -0.15) is 0 Å². The standard InChI is InChI=1S/C14H16O4/c1-3-9-18-12-7-5-11(6-8-14(15)16)10-13(12)17-4-2/h3,5-8,10H,1,4,9H2,2H3,(H,15,16)/b8-6+. The molecular weight excluding hydrogens is 232 g/mol. The van der Waals surface area contributed by atoms with Crippen LogP contribution in [0.3, 0.4) is 0 Å². The van der Waals surface area contributed by atoms with Crippen LogP contribution in [-0.2, 0) is 4.79 Å². The number of rotatable bonds is 7. The second kappa shape index (κ2) is 7.17. The molecule has 96 valence electrons. The first-order chi connectivity index (χ1) is 8.67. The van der Waals surface area contributed by atoms with E-state index in [0.717, 1.165) is 11.6 Å². The van der Waals surface area contributed by atoms with Gasteiger partial charge in [0.1, 0.15) is 6.61 Å². The number of aliphatic carboxylic acids is 1. The highest BCUT2D eigenvalue weighted by Gasteiger charge is 2.05. The van der Waals surface area contributed by atoms with Gasteiger partial charge in [-0.1, -0.05) is 18.7 Å². The molecule has 1 N–H and O–H groups in total. The predicted molar refractivity (Wildman–Crippen MR) is 70.0 cm³/mol. The maximum atomic E-state index is 10.4. The Balaban J connectivity index is 2.94. The third kappa shape index (κ3) is 4.33. The predicted octanol–water partition coefficient (Wildman–Crippen LogP) is 2.75. The summed E-state index contributed by atoms with van der Waals surface area (Å²) in [6.07, 6.45) is 4.23. The SMILES string of the molecule is C=CCOc1ccc(/C=C/C(=O)O)cc1OCC. The Labute approximate surface area is 106 Å². The number of carboxylic acids is 1. The highest BCUT2D eigenvalue weighted by Crippen LogP contribution is 2.29. The van der Waals surface area contributed by atoms with E-state index in [1.165, 1.54) is 6.08 Å². The summed E-state index contributed by atoms with van der Waals surface area (Å²) in [6.45, 7) is 6.35. The molecule has 18 heavy (non-hydrogen) atoms. The summed E-state index contributed by atoms with van der Waals surface area (Å²) >= 11 is 0. The summed E-state index contributed by atoms with van der Waals surface area (Å²) in [5.74, 6) is 0.219. The van der Waals surface area contributed by atoms with Crippen molar-refractivity contribution in [2.75, 3.05) is 13.2 Å². The van der Waals surface area contributed by atoms with E-state index in [9.17, 15) is 4.79 Å². The maximum Gasteiger partial charge on any atom is 0.328 e. The van der Waals surface area contributed by atoms with Gasteiger partial charge in [0.25, 0.3) is 0 Å². The van der Waals surface area contributed by atoms with Gasteiger partial charge in [-0.25, -0.2) is 4.79 Å². The molecule has 0 heterocycles. The Morgan fingerprint density at radius 2 is 2.17 bits per heavy atom. The number of hydrogen-bond acceptors (Lipinski definition) is 3. The van der Waals surface area contributed by atoms with Gasteiger partial charge in [0.2, 0.25) is 0 Å². The van der Waals surface area contributed by atoms with Crippen LogP contribution >= 0.6 is 0 Å². The third-order valence-corrected chi connectivity index (χ3v) is 2.04. The first kappa shape index (κ1) is 13.8. The average molecular weight is 248 g/mol. The van der Waals surface area contributed by atoms with Crippen molar-refractivity contribution in [3.63, 3.8) is 0 Å². The zero-order valence-corrected chi connectivity index (χ0v) is 10.3. The molecule has 0 radical (unpaired) electrons. The molecule has 0 saturated heterocycles.